The highest BCUT2D eigenvalue weighted by atomic mass is 19.1. The van der Waals surface area contributed by atoms with Crippen LogP contribution in [-0.2, 0) is 9.59 Å². The van der Waals surface area contributed by atoms with Crippen molar-refractivity contribution in [3.63, 3.8) is 0 Å². The summed E-state index contributed by atoms with van der Waals surface area (Å²) in [5.41, 5.74) is 0.602. The zero-order chi connectivity index (χ0) is 23.0. The molecule has 1 saturated heterocycles. The quantitative estimate of drug-likeness (QED) is 0.375. The maximum absolute atomic E-state index is 14.6. The zero-order valence-corrected chi connectivity index (χ0v) is 17.2. The molecule has 1 aromatic heterocycles. The first kappa shape index (κ1) is 21.2. The minimum atomic E-state index is -1.23. The van der Waals surface area contributed by atoms with E-state index in [1.807, 2.05) is 0 Å². The van der Waals surface area contributed by atoms with E-state index in [1.165, 1.54) is 19.5 Å². The number of benzene rings is 2. The second kappa shape index (κ2) is 8.22. The number of ether oxygens (including phenoxy) is 1. The molecule has 2 aromatic carbocycles. The highest BCUT2D eigenvalue weighted by Crippen LogP contribution is 2.43. The van der Waals surface area contributed by atoms with Crippen molar-refractivity contribution >= 4 is 23.1 Å². The van der Waals surface area contributed by atoms with Crippen LogP contribution in [-0.4, -0.2) is 28.9 Å². The Morgan fingerprint density at radius 2 is 1.91 bits per heavy atom. The Hall–Kier alpha value is -4.07. The summed E-state index contributed by atoms with van der Waals surface area (Å²) in [5.74, 6) is -4.03. The predicted octanol–water partition coefficient (Wildman–Crippen LogP) is 4.30. The number of ketones is 1. The monoisotopic (exact) mass is 436 g/mol. The summed E-state index contributed by atoms with van der Waals surface area (Å²) in [6.07, 6.45) is 2.88. The Bertz CT molecular complexity index is 1260. The number of nitrogens with zero attached hydrogens (tertiary/aromatic N) is 2. The molecule has 1 amide bonds. The van der Waals surface area contributed by atoms with E-state index in [0.717, 1.165) is 28.7 Å². The van der Waals surface area contributed by atoms with Gasteiger partial charge in [-0.3, -0.25) is 19.5 Å². The summed E-state index contributed by atoms with van der Waals surface area (Å²) in [5, 5.41) is 11.2. The Labute approximate surface area is 182 Å². The number of hydrogen-bond donors (Lipinski definition) is 1. The first-order chi connectivity index (χ1) is 15.3. The molecule has 32 heavy (non-hydrogen) atoms. The molecule has 0 radical (unpaired) electrons. The summed E-state index contributed by atoms with van der Waals surface area (Å²) in [6.45, 7) is 1.79. The summed E-state index contributed by atoms with van der Waals surface area (Å²) >= 11 is 0. The van der Waals surface area contributed by atoms with Gasteiger partial charge in [-0.25, -0.2) is 8.78 Å². The fourth-order valence-corrected chi connectivity index (χ4v) is 3.76. The van der Waals surface area contributed by atoms with Crippen LogP contribution in [0.25, 0.3) is 5.76 Å². The molecule has 1 aliphatic heterocycles. The van der Waals surface area contributed by atoms with E-state index in [2.05, 4.69) is 4.98 Å². The van der Waals surface area contributed by atoms with E-state index in [0.29, 0.717) is 5.56 Å². The first-order valence-corrected chi connectivity index (χ1v) is 9.64. The average Bonchev–Trinajstić information content (AvgIpc) is 3.06. The molecular weight excluding hydrogens is 418 g/mol. The van der Waals surface area contributed by atoms with Crippen LogP contribution in [0.4, 0.5) is 14.5 Å². The number of carbonyl (C=O) groups excluding carboxylic acids is 2. The summed E-state index contributed by atoms with van der Waals surface area (Å²) in [7, 11) is 1.40. The van der Waals surface area contributed by atoms with Gasteiger partial charge < -0.3 is 9.84 Å². The van der Waals surface area contributed by atoms with Gasteiger partial charge in [-0.2, -0.15) is 0 Å². The van der Waals surface area contributed by atoms with Gasteiger partial charge in [0.15, 0.2) is 0 Å². The lowest BCUT2D eigenvalue weighted by Crippen LogP contribution is -2.30. The van der Waals surface area contributed by atoms with Gasteiger partial charge in [0.1, 0.15) is 23.1 Å². The number of Topliss-reactive ketones (excluding diaryl/α,β-unsaturated/α-hetero) is 1. The number of amides is 1. The fourth-order valence-electron chi connectivity index (χ4n) is 3.76. The van der Waals surface area contributed by atoms with Gasteiger partial charge in [-0.05, 0) is 42.8 Å². The van der Waals surface area contributed by atoms with E-state index in [4.69, 9.17) is 4.74 Å². The molecule has 3 aromatic rings. The topological polar surface area (TPSA) is 79.7 Å². The number of aryl methyl sites for hydroxylation is 1. The smallest absolute Gasteiger partial charge is 0.300 e. The van der Waals surface area contributed by atoms with Gasteiger partial charge in [0.2, 0.25) is 0 Å². The van der Waals surface area contributed by atoms with E-state index >= 15 is 0 Å². The molecule has 0 bridgehead atoms. The average molecular weight is 436 g/mol. The van der Waals surface area contributed by atoms with Gasteiger partial charge in [-0.1, -0.05) is 17.7 Å². The summed E-state index contributed by atoms with van der Waals surface area (Å²) in [6, 6.07) is 9.51. The number of aliphatic hydroxyl groups excluding tert-OH is 1. The molecule has 0 spiro atoms. The van der Waals surface area contributed by atoms with Crippen molar-refractivity contribution in [3.8, 4) is 5.75 Å². The number of pyridine rings is 1. The maximum Gasteiger partial charge on any atom is 0.300 e. The molecule has 4 rings (SSSR count). The molecule has 1 atom stereocenters. The molecule has 0 saturated carbocycles. The SMILES string of the molecule is COc1ccc(C)cc1/C(O)=C1\C(=O)C(=O)N(c2cc(F)ccc2F)C1c1cccnc1. The van der Waals surface area contributed by atoms with E-state index in [1.54, 1.807) is 37.3 Å². The van der Waals surface area contributed by atoms with Gasteiger partial charge in [0.05, 0.1) is 30.0 Å². The third-order valence-electron chi connectivity index (χ3n) is 5.22. The lowest BCUT2D eigenvalue weighted by atomic mass is 9.95. The van der Waals surface area contributed by atoms with Crippen molar-refractivity contribution in [2.24, 2.45) is 0 Å². The third-order valence-corrected chi connectivity index (χ3v) is 5.22. The summed E-state index contributed by atoms with van der Waals surface area (Å²) < 4.78 is 33.9. The van der Waals surface area contributed by atoms with Crippen LogP contribution in [0.2, 0.25) is 0 Å². The lowest BCUT2D eigenvalue weighted by Gasteiger charge is -2.25. The number of rotatable bonds is 4. The molecule has 6 nitrogen and oxygen atoms in total. The van der Waals surface area contributed by atoms with Gasteiger partial charge in [-0.15, -0.1) is 0 Å². The molecule has 8 heteroatoms. The van der Waals surface area contributed by atoms with Crippen LogP contribution in [0, 0.1) is 18.6 Å². The number of halogens is 2. The number of hydrogen-bond acceptors (Lipinski definition) is 5. The molecule has 2 heterocycles. The van der Waals surface area contributed by atoms with Crippen molar-refractivity contribution in [3.05, 3.63) is 94.8 Å². The Morgan fingerprint density at radius 1 is 1.12 bits per heavy atom. The molecular formula is C24H18F2N2O4. The zero-order valence-electron chi connectivity index (χ0n) is 17.2. The Morgan fingerprint density at radius 3 is 2.59 bits per heavy atom. The Balaban J connectivity index is 2.01. The normalized spacial score (nSPS) is 17.6. The van der Waals surface area contributed by atoms with Crippen molar-refractivity contribution in [2.75, 3.05) is 12.0 Å². The molecule has 1 unspecified atom stereocenters. The number of carbonyl (C=O) groups is 2. The molecule has 162 valence electrons. The van der Waals surface area contributed by atoms with E-state index in [9.17, 15) is 23.5 Å². The van der Waals surface area contributed by atoms with Crippen LogP contribution in [0.3, 0.4) is 0 Å². The van der Waals surface area contributed by atoms with Gasteiger partial charge >= 0.3 is 0 Å². The lowest BCUT2D eigenvalue weighted by molar-refractivity contribution is -0.132. The highest BCUT2D eigenvalue weighted by molar-refractivity contribution is 6.51. The number of aromatic nitrogens is 1. The van der Waals surface area contributed by atoms with E-state index < -0.39 is 40.8 Å². The highest BCUT2D eigenvalue weighted by Gasteiger charge is 2.48. The van der Waals surface area contributed by atoms with Crippen LogP contribution >= 0.6 is 0 Å². The van der Waals surface area contributed by atoms with Crippen molar-refractivity contribution < 1.29 is 28.2 Å². The van der Waals surface area contributed by atoms with Crippen molar-refractivity contribution in [2.45, 2.75) is 13.0 Å². The second-order valence-corrected chi connectivity index (χ2v) is 7.25. The van der Waals surface area contributed by atoms with E-state index in [-0.39, 0.29) is 16.9 Å². The molecule has 0 aliphatic carbocycles. The predicted molar refractivity (Wildman–Crippen MR) is 113 cm³/mol. The summed E-state index contributed by atoms with van der Waals surface area (Å²) in [4.78, 5) is 30.9. The minimum Gasteiger partial charge on any atom is -0.507 e. The second-order valence-electron chi connectivity index (χ2n) is 7.25. The fraction of sp³-hybridized carbons (Fsp3) is 0.125. The largest absolute Gasteiger partial charge is 0.507 e. The standard InChI is InChI=1S/C24H18F2N2O4/c1-13-5-8-19(32-2)16(10-13)22(29)20-21(14-4-3-9-27-12-14)28(24(31)23(20)30)18-11-15(25)6-7-17(18)26/h3-12,21,29H,1-2H3/b22-20+. The number of methoxy groups -OCH3 is 1. The minimum absolute atomic E-state index is 0.194. The van der Waals surface area contributed by atoms with Crippen LogP contribution < -0.4 is 9.64 Å². The molecule has 1 aliphatic rings. The van der Waals surface area contributed by atoms with Crippen LogP contribution in [0.1, 0.15) is 22.7 Å². The Kier molecular flexibility index (Phi) is 5.44. The molecule has 1 fully saturated rings. The number of aliphatic hydroxyl groups is 1. The van der Waals surface area contributed by atoms with Crippen molar-refractivity contribution in [1.29, 1.82) is 0 Å². The van der Waals surface area contributed by atoms with Gasteiger partial charge in [0.25, 0.3) is 11.7 Å². The maximum atomic E-state index is 14.6. The number of anilines is 1. The van der Waals surface area contributed by atoms with Crippen LogP contribution in [0.15, 0.2) is 66.5 Å². The third kappa shape index (κ3) is 3.49. The van der Waals surface area contributed by atoms with Crippen molar-refractivity contribution in [1.82, 2.24) is 4.98 Å². The van der Waals surface area contributed by atoms with Gasteiger partial charge in [0, 0.05) is 18.5 Å². The van der Waals surface area contributed by atoms with Crippen LogP contribution in [0.5, 0.6) is 5.75 Å². The molecule has 1 N–H and O–H groups in total. The first-order valence-electron chi connectivity index (χ1n) is 9.64.